The Morgan fingerprint density at radius 1 is 0.710 bits per heavy atom. The van der Waals surface area contributed by atoms with Crippen molar-refractivity contribution in [3.63, 3.8) is 0 Å². The zero-order valence-corrected chi connectivity index (χ0v) is 19.0. The van der Waals surface area contributed by atoms with E-state index in [-0.39, 0.29) is 6.04 Å². The molecule has 1 unspecified atom stereocenters. The summed E-state index contributed by atoms with van der Waals surface area (Å²) in [7, 11) is 0. The van der Waals surface area contributed by atoms with E-state index in [9.17, 15) is 0 Å². The Labute approximate surface area is 186 Å². The minimum absolute atomic E-state index is 0.286. The Morgan fingerprint density at radius 2 is 1.10 bits per heavy atom. The maximum absolute atomic E-state index is 7.16. The highest BCUT2D eigenvalue weighted by molar-refractivity contribution is 5.28. The minimum atomic E-state index is -0.695. The highest BCUT2D eigenvalue weighted by atomic mass is 14.9. The molecule has 3 rings (SSSR count). The molecule has 31 heavy (non-hydrogen) atoms. The van der Waals surface area contributed by atoms with Gasteiger partial charge in [-0.2, -0.15) is 0 Å². The summed E-state index contributed by atoms with van der Waals surface area (Å²) in [5, 5.41) is 0. The fourth-order valence-corrected chi connectivity index (χ4v) is 4.24. The van der Waals surface area contributed by atoms with Gasteiger partial charge in [-0.25, -0.2) is 0 Å². The summed E-state index contributed by atoms with van der Waals surface area (Å²) >= 11 is 0. The monoisotopic (exact) mass is 417 g/mol. The molecule has 164 valence electrons. The smallest absolute Gasteiger partial charge is 0.0454 e. The first-order valence-electron chi connectivity index (χ1n) is 11.3. The van der Waals surface area contributed by atoms with Crippen molar-refractivity contribution >= 4 is 0 Å². The Hall–Kier alpha value is -2.63. The van der Waals surface area contributed by atoms with Crippen LogP contribution in [0.3, 0.4) is 0 Å². The van der Waals surface area contributed by atoms with Crippen LogP contribution in [0.2, 0.25) is 0 Å². The first-order valence-corrected chi connectivity index (χ1v) is 11.3. The molecule has 4 N–H and O–H groups in total. The lowest BCUT2D eigenvalue weighted by Gasteiger charge is -2.36. The summed E-state index contributed by atoms with van der Waals surface area (Å²) in [5.74, 6) is 0. The van der Waals surface area contributed by atoms with E-state index >= 15 is 0 Å². The molecule has 5 heteroatoms. The van der Waals surface area contributed by atoms with Crippen LogP contribution in [0.25, 0.3) is 0 Å². The zero-order chi connectivity index (χ0) is 22.3. The second kappa shape index (κ2) is 10.6. The predicted molar refractivity (Wildman–Crippen MR) is 127 cm³/mol. The number of rotatable bonds is 10. The fourth-order valence-electron chi connectivity index (χ4n) is 4.24. The summed E-state index contributed by atoms with van der Waals surface area (Å²) in [6.45, 7) is 6.44. The van der Waals surface area contributed by atoms with Crippen molar-refractivity contribution in [2.75, 3.05) is 0 Å². The van der Waals surface area contributed by atoms with Gasteiger partial charge in [0.15, 0.2) is 0 Å². The fraction of sp³-hybridized carbons (Fsp3) is 0.423. The van der Waals surface area contributed by atoms with Gasteiger partial charge in [-0.15, -0.1) is 0 Å². The van der Waals surface area contributed by atoms with Crippen LogP contribution in [0.5, 0.6) is 0 Å². The molecule has 0 radical (unpaired) electrons. The van der Waals surface area contributed by atoms with Gasteiger partial charge in [0.25, 0.3) is 0 Å². The normalized spacial score (nSPS) is 12.7. The number of hydrogen-bond acceptors (Lipinski definition) is 5. The van der Waals surface area contributed by atoms with E-state index in [0.29, 0.717) is 19.3 Å². The highest BCUT2D eigenvalue weighted by Gasteiger charge is 2.35. The second-order valence-corrected chi connectivity index (χ2v) is 8.29. The van der Waals surface area contributed by atoms with E-state index in [1.54, 1.807) is 0 Å². The van der Waals surface area contributed by atoms with Crippen LogP contribution in [-0.2, 0) is 38.5 Å². The van der Waals surface area contributed by atoms with E-state index in [1.807, 2.05) is 36.8 Å². The van der Waals surface area contributed by atoms with E-state index < -0.39 is 5.54 Å². The van der Waals surface area contributed by atoms with Crippen LogP contribution < -0.4 is 11.5 Å². The number of nitrogens with two attached hydrogens (primary N) is 2. The first-order chi connectivity index (χ1) is 15.0. The van der Waals surface area contributed by atoms with Crippen molar-refractivity contribution in [1.29, 1.82) is 0 Å². The van der Waals surface area contributed by atoms with Crippen LogP contribution in [-0.4, -0.2) is 26.5 Å². The third-order valence-corrected chi connectivity index (χ3v) is 6.24. The molecule has 0 spiro atoms. The van der Waals surface area contributed by atoms with E-state index in [2.05, 4.69) is 53.9 Å². The number of aromatic nitrogens is 3. The predicted octanol–water partition coefficient (Wildman–Crippen LogP) is 3.61. The second-order valence-electron chi connectivity index (χ2n) is 8.29. The molecule has 0 saturated carbocycles. The SMILES string of the molecule is CCc1cccnc1CC(N)C(N)(Cc1ncccc1CC)Cc1ncccc1CC. The quantitative estimate of drug-likeness (QED) is 0.526. The maximum Gasteiger partial charge on any atom is 0.0454 e. The molecule has 1 atom stereocenters. The molecule has 0 fully saturated rings. The molecule has 0 aliphatic heterocycles. The van der Waals surface area contributed by atoms with Crippen molar-refractivity contribution < 1.29 is 0 Å². The molecular weight excluding hydrogens is 382 g/mol. The molecular formula is C26H35N5. The number of hydrogen-bond donors (Lipinski definition) is 2. The van der Waals surface area contributed by atoms with Crippen molar-refractivity contribution in [2.45, 2.75) is 70.9 Å². The molecule has 3 aromatic heterocycles. The lowest BCUT2D eigenvalue weighted by Crippen LogP contribution is -2.60. The molecule has 0 bridgehead atoms. The number of pyridine rings is 3. The van der Waals surface area contributed by atoms with E-state index in [0.717, 1.165) is 36.3 Å². The van der Waals surface area contributed by atoms with Crippen LogP contribution in [0.15, 0.2) is 55.0 Å². The van der Waals surface area contributed by atoms with Crippen molar-refractivity contribution in [3.8, 4) is 0 Å². The van der Waals surface area contributed by atoms with Gasteiger partial charge in [0.1, 0.15) is 0 Å². The molecule has 5 nitrogen and oxygen atoms in total. The molecule has 0 aliphatic carbocycles. The third-order valence-electron chi connectivity index (χ3n) is 6.24. The van der Waals surface area contributed by atoms with Crippen LogP contribution in [0.4, 0.5) is 0 Å². The average Bonchev–Trinajstić information content (AvgIpc) is 2.80. The molecule has 0 aliphatic rings. The molecule has 0 saturated heterocycles. The lowest BCUT2D eigenvalue weighted by molar-refractivity contribution is 0.326. The molecule has 0 amide bonds. The Kier molecular flexibility index (Phi) is 7.88. The lowest BCUT2D eigenvalue weighted by atomic mass is 9.78. The molecule has 3 aromatic rings. The first kappa shape index (κ1) is 23.0. The Bertz CT molecular complexity index is 935. The van der Waals surface area contributed by atoms with E-state index in [4.69, 9.17) is 11.5 Å². The third kappa shape index (κ3) is 5.54. The zero-order valence-electron chi connectivity index (χ0n) is 19.0. The van der Waals surface area contributed by atoms with Gasteiger partial charge < -0.3 is 11.5 Å². The summed E-state index contributed by atoms with van der Waals surface area (Å²) in [4.78, 5) is 14.0. The largest absolute Gasteiger partial charge is 0.326 e. The van der Waals surface area contributed by atoms with Gasteiger partial charge in [0, 0.05) is 66.5 Å². The number of aryl methyl sites for hydroxylation is 3. The van der Waals surface area contributed by atoms with Gasteiger partial charge >= 0.3 is 0 Å². The standard InChI is InChI=1S/C26H35N5/c1-4-19-10-7-13-29-22(19)16-25(27)26(28,17-23-20(5-2)11-8-14-30-23)18-24-21(6-3)12-9-15-31-24/h7-15,25H,4-6,16-18,27-28H2,1-3H3. The highest BCUT2D eigenvalue weighted by Crippen LogP contribution is 2.24. The van der Waals surface area contributed by atoms with E-state index in [1.165, 1.54) is 16.7 Å². The van der Waals surface area contributed by atoms with Crippen LogP contribution in [0, 0.1) is 0 Å². The summed E-state index contributed by atoms with van der Waals surface area (Å²) in [5.41, 5.74) is 20.1. The van der Waals surface area contributed by atoms with Gasteiger partial charge in [-0.3, -0.25) is 15.0 Å². The van der Waals surface area contributed by atoms with Gasteiger partial charge in [-0.1, -0.05) is 39.0 Å². The minimum Gasteiger partial charge on any atom is -0.326 e. The number of nitrogens with zero attached hydrogens (tertiary/aromatic N) is 3. The average molecular weight is 418 g/mol. The summed E-state index contributed by atoms with van der Waals surface area (Å²) < 4.78 is 0. The summed E-state index contributed by atoms with van der Waals surface area (Å²) in [6, 6.07) is 12.0. The summed E-state index contributed by atoms with van der Waals surface area (Å²) in [6.07, 6.45) is 10.1. The van der Waals surface area contributed by atoms with Crippen molar-refractivity contribution in [3.05, 3.63) is 88.8 Å². The van der Waals surface area contributed by atoms with Crippen molar-refractivity contribution in [1.82, 2.24) is 15.0 Å². The Morgan fingerprint density at radius 3 is 1.52 bits per heavy atom. The maximum atomic E-state index is 7.16. The molecule has 0 aromatic carbocycles. The van der Waals surface area contributed by atoms with Gasteiger partial charge in [-0.05, 0) is 54.2 Å². The molecule has 3 heterocycles. The van der Waals surface area contributed by atoms with Crippen LogP contribution >= 0.6 is 0 Å². The van der Waals surface area contributed by atoms with Gasteiger partial charge in [0.2, 0.25) is 0 Å². The topological polar surface area (TPSA) is 90.7 Å². The van der Waals surface area contributed by atoms with Gasteiger partial charge in [0.05, 0.1) is 0 Å². The van der Waals surface area contributed by atoms with Crippen molar-refractivity contribution in [2.24, 2.45) is 11.5 Å². The Balaban J connectivity index is 1.98. The van der Waals surface area contributed by atoms with Crippen LogP contribution in [0.1, 0.15) is 54.5 Å².